The van der Waals surface area contributed by atoms with Crippen LogP contribution in [0.1, 0.15) is 25.8 Å². The largest absolute Gasteiger partial charge is 0.313 e. The number of nitrogens with zero attached hydrogens (tertiary/aromatic N) is 2. The summed E-state index contributed by atoms with van der Waals surface area (Å²) in [6, 6.07) is 3.15. The minimum absolute atomic E-state index is 0.542. The fourth-order valence-electron chi connectivity index (χ4n) is 2.29. The number of hydrogen-bond donors (Lipinski definition) is 1. The van der Waals surface area contributed by atoms with Crippen LogP contribution in [-0.2, 0) is 6.54 Å². The Kier molecular flexibility index (Phi) is 4.37. The van der Waals surface area contributed by atoms with Gasteiger partial charge < -0.3 is 5.32 Å². The molecule has 3 nitrogen and oxygen atoms in total. The zero-order chi connectivity index (χ0) is 12.3. The topological polar surface area (TPSA) is 28.2 Å². The zero-order valence-electron chi connectivity index (χ0n) is 10.5. The molecule has 2 unspecified atom stereocenters. The lowest BCUT2D eigenvalue weighted by molar-refractivity contribution is 0.199. The molecule has 1 aromatic heterocycles. The lowest BCUT2D eigenvalue weighted by Crippen LogP contribution is -2.38. The molecule has 0 spiro atoms. The second-order valence-electron chi connectivity index (χ2n) is 4.89. The Morgan fingerprint density at radius 3 is 3.12 bits per heavy atom. The molecule has 0 radical (unpaired) electrons. The van der Waals surface area contributed by atoms with Crippen LogP contribution in [-0.4, -0.2) is 35.1 Å². The second kappa shape index (κ2) is 5.80. The summed E-state index contributed by atoms with van der Waals surface area (Å²) in [7, 11) is 0. The van der Waals surface area contributed by atoms with Crippen LogP contribution in [0.3, 0.4) is 0 Å². The van der Waals surface area contributed by atoms with Crippen molar-refractivity contribution in [2.24, 2.45) is 0 Å². The Labute approximate surface area is 108 Å². The Hall–Kier alpha value is -0.640. The fraction of sp³-hybridized carbons (Fsp3) is 0.615. The van der Waals surface area contributed by atoms with Crippen molar-refractivity contribution in [2.75, 3.05) is 13.1 Å². The average Bonchev–Trinajstić information content (AvgIpc) is 2.45. The lowest BCUT2D eigenvalue weighted by Gasteiger charge is -2.28. The monoisotopic (exact) mass is 253 g/mol. The summed E-state index contributed by atoms with van der Waals surface area (Å²) in [5.41, 5.74) is 1.17. The van der Waals surface area contributed by atoms with Gasteiger partial charge in [0.1, 0.15) is 0 Å². The normalized spacial score (nSPS) is 26.8. The van der Waals surface area contributed by atoms with Crippen LogP contribution >= 0.6 is 11.6 Å². The van der Waals surface area contributed by atoms with E-state index in [1.54, 1.807) is 6.20 Å². The molecule has 94 valence electrons. The SMILES string of the molecule is CC1CN(Cc2ccncc2Cl)C(C)CCN1. The highest BCUT2D eigenvalue weighted by molar-refractivity contribution is 6.31. The van der Waals surface area contributed by atoms with Crippen LogP contribution in [0, 0.1) is 0 Å². The first-order chi connectivity index (χ1) is 8.16. The number of aromatic nitrogens is 1. The molecule has 0 bridgehead atoms. The predicted octanol–water partition coefficient (Wildman–Crippen LogP) is 2.31. The zero-order valence-corrected chi connectivity index (χ0v) is 11.2. The molecule has 1 N–H and O–H groups in total. The third-order valence-corrected chi connectivity index (χ3v) is 3.76. The molecule has 4 heteroatoms. The van der Waals surface area contributed by atoms with E-state index >= 15 is 0 Å². The van der Waals surface area contributed by atoms with Crippen molar-refractivity contribution in [3.63, 3.8) is 0 Å². The van der Waals surface area contributed by atoms with Crippen molar-refractivity contribution in [1.82, 2.24) is 15.2 Å². The standard InChI is InChI=1S/C13H20ClN3/c1-10-8-17(11(2)3-6-16-10)9-12-4-5-15-7-13(12)14/h4-5,7,10-11,16H,3,6,8-9H2,1-2H3. The van der Waals surface area contributed by atoms with E-state index in [0.717, 1.165) is 24.7 Å². The van der Waals surface area contributed by atoms with Gasteiger partial charge in [0.25, 0.3) is 0 Å². The highest BCUT2D eigenvalue weighted by Gasteiger charge is 2.20. The summed E-state index contributed by atoms with van der Waals surface area (Å²) in [4.78, 5) is 6.52. The minimum Gasteiger partial charge on any atom is -0.313 e. The molecule has 0 saturated carbocycles. The first-order valence-electron chi connectivity index (χ1n) is 6.22. The van der Waals surface area contributed by atoms with Crippen molar-refractivity contribution in [1.29, 1.82) is 0 Å². The second-order valence-corrected chi connectivity index (χ2v) is 5.30. The lowest BCUT2D eigenvalue weighted by atomic mass is 10.1. The Balaban J connectivity index is 2.08. The van der Waals surface area contributed by atoms with E-state index < -0.39 is 0 Å². The molecule has 1 aliphatic heterocycles. The van der Waals surface area contributed by atoms with Crippen LogP contribution in [0.15, 0.2) is 18.5 Å². The first kappa shape index (κ1) is 12.8. The fourth-order valence-corrected chi connectivity index (χ4v) is 2.47. The van der Waals surface area contributed by atoms with Crippen molar-refractivity contribution < 1.29 is 0 Å². The molecular formula is C13H20ClN3. The van der Waals surface area contributed by atoms with E-state index in [-0.39, 0.29) is 0 Å². The van der Waals surface area contributed by atoms with Crippen LogP contribution in [0.4, 0.5) is 0 Å². The Morgan fingerprint density at radius 1 is 1.53 bits per heavy atom. The van der Waals surface area contributed by atoms with Crippen LogP contribution < -0.4 is 5.32 Å². The molecule has 2 heterocycles. The van der Waals surface area contributed by atoms with Gasteiger partial charge in [0.05, 0.1) is 5.02 Å². The number of halogens is 1. The summed E-state index contributed by atoms with van der Waals surface area (Å²) < 4.78 is 0. The van der Waals surface area contributed by atoms with Crippen LogP contribution in [0.5, 0.6) is 0 Å². The van der Waals surface area contributed by atoms with E-state index in [2.05, 4.69) is 29.0 Å². The molecule has 17 heavy (non-hydrogen) atoms. The van der Waals surface area contributed by atoms with E-state index in [4.69, 9.17) is 11.6 Å². The smallest absolute Gasteiger partial charge is 0.0634 e. The molecule has 1 fully saturated rings. The van der Waals surface area contributed by atoms with E-state index in [1.165, 1.54) is 12.0 Å². The van der Waals surface area contributed by atoms with Gasteiger partial charge in [0.2, 0.25) is 0 Å². The van der Waals surface area contributed by atoms with Gasteiger partial charge in [-0.05, 0) is 38.4 Å². The van der Waals surface area contributed by atoms with Crippen molar-refractivity contribution in [2.45, 2.75) is 38.9 Å². The number of nitrogens with one attached hydrogen (secondary N) is 1. The maximum atomic E-state index is 6.16. The van der Waals surface area contributed by atoms with Crippen molar-refractivity contribution in [3.05, 3.63) is 29.0 Å². The van der Waals surface area contributed by atoms with Gasteiger partial charge in [-0.3, -0.25) is 9.88 Å². The third-order valence-electron chi connectivity index (χ3n) is 3.42. The maximum absolute atomic E-state index is 6.16. The summed E-state index contributed by atoms with van der Waals surface area (Å²) in [5.74, 6) is 0. The molecule has 1 aliphatic rings. The number of rotatable bonds is 2. The Morgan fingerprint density at radius 2 is 2.35 bits per heavy atom. The molecule has 1 saturated heterocycles. The van der Waals surface area contributed by atoms with E-state index in [9.17, 15) is 0 Å². The molecule has 0 amide bonds. The Bertz CT molecular complexity index is 369. The molecule has 0 aliphatic carbocycles. The molecule has 2 atom stereocenters. The van der Waals surface area contributed by atoms with Gasteiger partial charge in [0, 0.05) is 37.6 Å². The maximum Gasteiger partial charge on any atom is 0.0634 e. The highest BCUT2D eigenvalue weighted by atomic mass is 35.5. The quantitative estimate of drug-likeness (QED) is 0.877. The highest BCUT2D eigenvalue weighted by Crippen LogP contribution is 2.19. The summed E-state index contributed by atoms with van der Waals surface area (Å²) in [6.07, 6.45) is 4.72. The van der Waals surface area contributed by atoms with Gasteiger partial charge in [-0.1, -0.05) is 11.6 Å². The number of hydrogen-bond acceptors (Lipinski definition) is 3. The van der Waals surface area contributed by atoms with Gasteiger partial charge in [0.15, 0.2) is 0 Å². The minimum atomic E-state index is 0.542. The van der Waals surface area contributed by atoms with Gasteiger partial charge in [-0.15, -0.1) is 0 Å². The van der Waals surface area contributed by atoms with E-state index in [1.807, 2.05) is 12.3 Å². The molecule has 1 aromatic rings. The number of pyridine rings is 1. The summed E-state index contributed by atoms with van der Waals surface area (Å²) >= 11 is 6.16. The molecular weight excluding hydrogens is 234 g/mol. The third kappa shape index (κ3) is 3.41. The molecule has 0 aromatic carbocycles. The predicted molar refractivity (Wildman–Crippen MR) is 71.2 cm³/mol. The van der Waals surface area contributed by atoms with Crippen LogP contribution in [0.25, 0.3) is 0 Å². The van der Waals surface area contributed by atoms with Crippen molar-refractivity contribution >= 4 is 11.6 Å². The molecule has 2 rings (SSSR count). The average molecular weight is 254 g/mol. The van der Waals surface area contributed by atoms with Crippen LogP contribution in [0.2, 0.25) is 5.02 Å². The van der Waals surface area contributed by atoms with Crippen molar-refractivity contribution in [3.8, 4) is 0 Å². The first-order valence-corrected chi connectivity index (χ1v) is 6.60. The van der Waals surface area contributed by atoms with Gasteiger partial charge in [-0.25, -0.2) is 0 Å². The van der Waals surface area contributed by atoms with Gasteiger partial charge >= 0.3 is 0 Å². The van der Waals surface area contributed by atoms with Gasteiger partial charge in [-0.2, -0.15) is 0 Å². The van der Waals surface area contributed by atoms with E-state index in [0.29, 0.717) is 12.1 Å². The summed E-state index contributed by atoms with van der Waals surface area (Å²) in [6.45, 7) is 7.60. The summed E-state index contributed by atoms with van der Waals surface area (Å²) in [5, 5.41) is 4.29.